The van der Waals surface area contributed by atoms with E-state index in [2.05, 4.69) is 31.0 Å². The Balaban J connectivity index is 2.48. The van der Waals surface area contributed by atoms with Crippen LogP contribution in [0.3, 0.4) is 0 Å². The van der Waals surface area contributed by atoms with Crippen molar-refractivity contribution in [1.82, 2.24) is 19.7 Å². The first-order valence-electron chi connectivity index (χ1n) is 3.35. The van der Waals surface area contributed by atoms with Gasteiger partial charge in [-0.05, 0) is 28.1 Å². The Bertz CT molecular complexity index is 371. The molecule has 0 fully saturated rings. The molecule has 0 bridgehead atoms. The average molecular weight is 225 g/mol. The van der Waals surface area contributed by atoms with Gasteiger partial charge in [0, 0.05) is 18.6 Å². The summed E-state index contributed by atoms with van der Waals surface area (Å²) in [6.07, 6.45) is 5.15. The van der Waals surface area contributed by atoms with Gasteiger partial charge in [0.2, 0.25) is 0 Å². The fraction of sp³-hybridized carbons (Fsp3) is 0. The predicted octanol–water partition coefficient (Wildman–Crippen LogP) is 1.42. The highest BCUT2D eigenvalue weighted by Crippen LogP contribution is 2.05. The summed E-state index contributed by atoms with van der Waals surface area (Å²) >= 11 is 3.26. The van der Waals surface area contributed by atoms with Crippen molar-refractivity contribution >= 4 is 15.9 Å². The van der Waals surface area contributed by atoms with Gasteiger partial charge in [0.15, 0.2) is 0 Å². The molecule has 0 unspecified atom stereocenters. The molecular weight excluding hydrogens is 220 g/mol. The third-order valence-corrected chi connectivity index (χ3v) is 1.76. The minimum absolute atomic E-state index is 0.564. The van der Waals surface area contributed by atoms with Crippen molar-refractivity contribution in [3.63, 3.8) is 0 Å². The first kappa shape index (κ1) is 7.42. The highest BCUT2D eigenvalue weighted by atomic mass is 79.9. The highest BCUT2D eigenvalue weighted by Gasteiger charge is 1.98. The SMILES string of the molecule is Brc1ccnc(-n2cccn2)n1. The maximum atomic E-state index is 4.12. The van der Waals surface area contributed by atoms with E-state index < -0.39 is 0 Å². The maximum Gasteiger partial charge on any atom is 0.251 e. The standard InChI is InChI=1S/C7H5BrN4/c8-6-2-4-9-7(11-6)12-5-1-3-10-12/h1-5H. The number of halogens is 1. The van der Waals surface area contributed by atoms with E-state index in [9.17, 15) is 0 Å². The molecule has 4 nitrogen and oxygen atoms in total. The quantitative estimate of drug-likeness (QED) is 0.689. The molecule has 5 heteroatoms. The second-order valence-corrected chi connectivity index (χ2v) is 2.94. The zero-order valence-electron chi connectivity index (χ0n) is 6.05. The lowest BCUT2D eigenvalue weighted by atomic mass is 10.7. The van der Waals surface area contributed by atoms with Gasteiger partial charge in [-0.15, -0.1) is 0 Å². The molecule has 2 aromatic heterocycles. The largest absolute Gasteiger partial charge is 0.251 e. The summed E-state index contributed by atoms with van der Waals surface area (Å²) < 4.78 is 2.35. The highest BCUT2D eigenvalue weighted by molar-refractivity contribution is 9.10. The molecule has 0 aliphatic heterocycles. The number of aromatic nitrogens is 4. The van der Waals surface area contributed by atoms with Gasteiger partial charge in [0.25, 0.3) is 5.95 Å². The second kappa shape index (κ2) is 3.02. The number of hydrogen-bond donors (Lipinski definition) is 0. The summed E-state index contributed by atoms with van der Waals surface area (Å²) in [6, 6.07) is 3.59. The van der Waals surface area contributed by atoms with Crippen LogP contribution in [0.2, 0.25) is 0 Å². The fourth-order valence-electron chi connectivity index (χ4n) is 0.825. The van der Waals surface area contributed by atoms with Gasteiger partial charge in [-0.3, -0.25) is 0 Å². The Labute approximate surface area is 77.4 Å². The Morgan fingerprint density at radius 3 is 2.92 bits per heavy atom. The van der Waals surface area contributed by atoms with Crippen molar-refractivity contribution in [2.45, 2.75) is 0 Å². The molecule has 0 spiro atoms. The lowest BCUT2D eigenvalue weighted by Crippen LogP contribution is -2.00. The lowest BCUT2D eigenvalue weighted by Gasteiger charge is -1.97. The van der Waals surface area contributed by atoms with Crippen LogP contribution >= 0.6 is 15.9 Å². The van der Waals surface area contributed by atoms with Gasteiger partial charge in [0.1, 0.15) is 4.60 Å². The number of nitrogens with zero attached hydrogens (tertiary/aromatic N) is 4. The Morgan fingerprint density at radius 1 is 1.33 bits per heavy atom. The van der Waals surface area contributed by atoms with E-state index in [1.54, 1.807) is 29.3 Å². The van der Waals surface area contributed by atoms with Gasteiger partial charge >= 0.3 is 0 Å². The summed E-state index contributed by atoms with van der Waals surface area (Å²) in [5, 5.41) is 4.00. The molecule has 0 saturated heterocycles. The van der Waals surface area contributed by atoms with E-state index in [0.29, 0.717) is 5.95 Å². The van der Waals surface area contributed by atoms with Crippen molar-refractivity contribution in [3.8, 4) is 5.95 Å². The van der Waals surface area contributed by atoms with Crippen molar-refractivity contribution in [2.24, 2.45) is 0 Å². The molecule has 0 radical (unpaired) electrons. The minimum Gasteiger partial charge on any atom is -0.220 e. The van der Waals surface area contributed by atoms with Crippen LogP contribution in [0.25, 0.3) is 5.95 Å². The third-order valence-electron chi connectivity index (χ3n) is 1.32. The van der Waals surface area contributed by atoms with E-state index in [1.807, 2.05) is 6.07 Å². The zero-order chi connectivity index (χ0) is 8.39. The molecule has 0 atom stereocenters. The summed E-state index contributed by atoms with van der Waals surface area (Å²) in [5.41, 5.74) is 0. The van der Waals surface area contributed by atoms with Crippen LogP contribution in [0.1, 0.15) is 0 Å². The molecule has 0 N–H and O–H groups in total. The van der Waals surface area contributed by atoms with E-state index in [-0.39, 0.29) is 0 Å². The topological polar surface area (TPSA) is 43.6 Å². The molecule has 0 aliphatic carbocycles. The van der Waals surface area contributed by atoms with E-state index >= 15 is 0 Å². The fourth-order valence-corrected chi connectivity index (χ4v) is 1.10. The van der Waals surface area contributed by atoms with Gasteiger partial charge in [0.05, 0.1) is 0 Å². The normalized spacial score (nSPS) is 10.1. The molecule has 0 aliphatic rings. The summed E-state index contributed by atoms with van der Waals surface area (Å²) in [5.74, 6) is 0.564. The van der Waals surface area contributed by atoms with Crippen LogP contribution < -0.4 is 0 Å². The van der Waals surface area contributed by atoms with Crippen LogP contribution in [0.5, 0.6) is 0 Å². The first-order valence-corrected chi connectivity index (χ1v) is 4.14. The van der Waals surface area contributed by atoms with Crippen LogP contribution in [-0.4, -0.2) is 19.7 Å². The molecule has 0 aromatic carbocycles. The van der Waals surface area contributed by atoms with Gasteiger partial charge in [-0.2, -0.15) is 5.10 Å². The van der Waals surface area contributed by atoms with Gasteiger partial charge in [-0.1, -0.05) is 0 Å². The van der Waals surface area contributed by atoms with E-state index in [0.717, 1.165) is 4.60 Å². The molecule has 2 aromatic rings. The summed E-state index contributed by atoms with van der Waals surface area (Å²) in [7, 11) is 0. The molecule has 12 heavy (non-hydrogen) atoms. The molecule has 0 saturated carbocycles. The monoisotopic (exact) mass is 224 g/mol. The van der Waals surface area contributed by atoms with Crippen molar-refractivity contribution in [3.05, 3.63) is 35.3 Å². The summed E-state index contributed by atoms with van der Waals surface area (Å²) in [4.78, 5) is 8.16. The molecule has 2 rings (SSSR count). The summed E-state index contributed by atoms with van der Waals surface area (Å²) in [6.45, 7) is 0. The molecule has 0 amide bonds. The van der Waals surface area contributed by atoms with Gasteiger partial charge < -0.3 is 0 Å². The van der Waals surface area contributed by atoms with Crippen LogP contribution in [0.4, 0.5) is 0 Å². The Kier molecular flexibility index (Phi) is 1.87. The Hall–Kier alpha value is -1.23. The second-order valence-electron chi connectivity index (χ2n) is 2.13. The van der Waals surface area contributed by atoms with Crippen molar-refractivity contribution in [1.29, 1.82) is 0 Å². The van der Waals surface area contributed by atoms with Crippen LogP contribution in [-0.2, 0) is 0 Å². The first-order chi connectivity index (χ1) is 5.86. The van der Waals surface area contributed by atoms with Crippen molar-refractivity contribution in [2.75, 3.05) is 0 Å². The van der Waals surface area contributed by atoms with E-state index in [4.69, 9.17) is 0 Å². The Morgan fingerprint density at radius 2 is 2.25 bits per heavy atom. The van der Waals surface area contributed by atoms with Crippen LogP contribution in [0.15, 0.2) is 35.3 Å². The zero-order valence-corrected chi connectivity index (χ0v) is 7.64. The predicted molar refractivity (Wildman–Crippen MR) is 46.9 cm³/mol. The molecule has 60 valence electrons. The lowest BCUT2D eigenvalue weighted by molar-refractivity contribution is 0.804. The smallest absolute Gasteiger partial charge is 0.220 e. The number of rotatable bonds is 1. The van der Waals surface area contributed by atoms with Crippen LogP contribution in [0, 0.1) is 0 Å². The average Bonchev–Trinajstić information content (AvgIpc) is 2.56. The maximum absolute atomic E-state index is 4.12. The number of hydrogen-bond acceptors (Lipinski definition) is 3. The van der Waals surface area contributed by atoms with Gasteiger partial charge in [-0.25, -0.2) is 14.6 Å². The van der Waals surface area contributed by atoms with Crippen molar-refractivity contribution < 1.29 is 0 Å². The third kappa shape index (κ3) is 1.35. The van der Waals surface area contributed by atoms with E-state index in [1.165, 1.54) is 0 Å². The molecular formula is C7H5BrN4. The minimum atomic E-state index is 0.564. The molecule has 2 heterocycles.